The molecule has 136 valence electrons. The van der Waals surface area contributed by atoms with E-state index in [1.807, 2.05) is 19.2 Å². The minimum atomic E-state index is -0.506. The zero-order valence-electron chi connectivity index (χ0n) is 14.6. The molecule has 1 fully saturated rings. The lowest BCUT2D eigenvalue weighted by atomic mass is 10.1. The molecule has 2 aromatic rings. The smallest absolute Gasteiger partial charge is 0.328 e. The zero-order valence-corrected chi connectivity index (χ0v) is 15.4. The fourth-order valence-corrected chi connectivity index (χ4v) is 3.58. The number of rotatable bonds is 5. The van der Waals surface area contributed by atoms with Gasteiger partial charge in [-0.25, -0.2) is 9.78 Å². The second-order valence-electron chi connectivity index (χ2n) is 6.21. The second-order valence-corrected chi connectivity index (χ2v) is 7.10. The summed E-state index contributed by atoms with van der Waals surface area (Å²) in [5.41, 5.74) is 1.87. The Morgan fingerprint density at radius 2 is 2.15 bits per heavy atom. The molecule has 0 bridgehead atoms. The number of aromatic nitrogens is 1. The molecule has 0 spiro atoms. The van der Waals surface area contributed by atoms with Gasteiger partial charge in [0.2, 0.25) is 5.91 Å². The van der Waals surface area contributed by atoms with Crippen LogP contribution in [0, 0.1) is 6.92 Å². The molecule has 0 unspecified atom stereocenters. The highest BCUT2D eigenvalue weighted by molar-refractivity contribution is 7.09. The van der Waals surface area contributed by atoms with Crippen LogP contribution in [0.4, 0.5) is 10.5 Å². The Balaban J connectivity index is 1.71. The van der Waals surface area contributed by atoms with Gasteiger partial charge in [0.1, 0.15) is 0 Å². The Kier molecular flexibility index (Phi) is 5.32. The van der Waals surface area contributed by atoms with Gasteiger partial charge in [-0.2, -0.15) is 0 Å². The number of nitrogens with one attached hydrogen (secondary N) is 2. The summed E-state index contributed by atoms with van der Waals surface area (Å²) in [5, 5.41) is 8.15. The summed E-state index contributed by atoms with van der Waals surface area (Å²) in [4.78, 5) is 42.0. The van der Waals surface area contributed by atoms with Gasteiger partial charge in [0.25, 0.3) is 5.91 Å². The molecule has 26 heavy (non-hydrogen) atoms. The highest BCUT2D eigenvalue weighted by Gasteiger charge is 2.27. The van der Waals surface area contributed by atoms with E-state index in [0.717, 1.165) is 10.7 Å². The Morgan fingerprint density at radius 1 is 1.38 bits per heavy atom. The van der Waals surface area contributed by atoms with Crippen LogP contribution in [-0.4, -0.2) is 35.9 Å². The Morgan fingerprint density at radius 3 is 2.85 bits per heavy atom. The molecule has 4 amide bonds. The summed E-state index contributed by atoms with van der Waals surface area (Å²) in [6, 6.07) is 6.38. The SMILES string of the molecule is Cc1csc([C@H](C)CNC(=O)c2ccccc2N2CCC(=O)NC2=O)n1. The molecule has 3 rings (SSSR count). The molecular weight excluding hydrogens is 352 g/mol. The van der Waals surface area contributed by atoms with Crippen LogP contribution in [-0.2, 0) is 4.79 Å². The third-order valence-corrected chi connectivity index (χ3v) is 5.31. The number of carbonyl (C=O) groups is 3. The topological polar surface area (TPSA) is 91.4 Å². The minimum Gasteiger partial charge on any atom is -0.351 e. The number of carbonyl (C=O) groups excluding carboxylic acids is 3. The van der Waals surface area contributed by atoms with E-state index >= 15 is 0 Å². The highest BCUT2D eigenvalue weighted by Crippen LogP contribution is 2.23. The molecule has 1 aromatic heterocycles. The van der Waals surface area contributed by atoms with E-state index < -0.39 is 6.03 Å². The summed E-state index contributed by atoms with van der Waals surface area (Å²) in [6.07, 6.45) is 0.210. The summed E-state index contributed by atoms with van der Waals surface area (Å²) >= 11 is 1.58. The first-order valence-electron chi connectivity index (χ1n) is 8.36. The molecule has 1 aliphatic heterocycles. The number of imide groups is 1. The number of nitrogens with zero attached hydrogens (tertiary/aromatic N) is 2. The molecule has 0 aliphatic carbocycles. The fourth-order valence-electron chi connectivity index (χ4n) is 2.72. The first kappa shape index (κ1) is 18.1. The van der Waals surface area contributed by atoms with Crippen LogP contribution >= 0.6 is 11.3 Å². The quantitative estimate of drug-likeness (QED) is 0.843. The van der Waals surface area contributed by atoms with Crippen molar-refractivity contribution >= 4 is 34.9 Å². The molecule has 2 N–H and O–H groups in total. The zero-order chi connectivity index (χ0) is 18.7. The van der Waals surface area contributed by atoms with Crippen LogP contribution < -0.4 is 15.5 Å². The number of anilines is 1. The summed E-state index contributed by atoms with van der Waals surface area (Å²) in [7, 11) is 0. The number of hydrogen-bond donors (Lipinski definition) is 2. The molecule has 0 radical (unpaired) electrons. The van der Waals surface area contributed by atoms with Crippen LogP contribution in [0.5, 0.6) is 0 Å². The normalized spacial score (nSPS) is 15.5. The number of aryl methyl sites for hydroxylation is 1. The average molecular weight is 372 g/mol. The highest BCUT2D eigenvalue weighted by atomic mass is 32.1. The van der Waals surface area contributed by atoms with Gasteiger partial charge in [-0.3, -0.25) is 19.8 Å². The molecule has 1 aromatic carbocycles. The van der Waals surface area contributed by atoms with Crippen LogP contribution in [0.15, 0.2) is 29.6 Å². The Hall–Kier alpha value is -2.74. The van der Waals surface area contributed by atoms with Crippen molar-refractivity contribution in [1.29, 1.82) is 0 Å². The molecule has 1 aliphatic rings. The van der Waals surface area contributed by atoms with Crippen molar-refractivity contribution in [2.45, 2.75) is 26.2 Å². The van der Waals surface area contributed by atoms with E-state index in [-0.39, 0.29) is 30.7 Å². The number of urea groups is 1. The van der Waals surface area contributed by atoms with Gasteiger partial charge in [0.05, 0.1) is 16.3 Å². The summed E-state index contributed by atoms with van der Waals surface area (Å²) < 4.78 is 0. The van der Waals surface area contributed by atoms with E-state index in [1.165, 1.54) is 4.90 Å². The van der Waals surface area contributed by atoms with Crippen LogP contribution in [0.25, 0.3) is 0 Å². The standard InChI is InChI=1S/C18H20N4O3S/c1-11(17-20-12(2)10-26-17)9-19-16(24)13-5-3-4-6-14(13)22-8-7-15(23)21-18(22)25/h3-6,10-11H,7-9H2,1-2H3,(H,19,24)(H,21,23,25)/t11-/m1/s1. The lowest BCUT2D eigenvalue weighted by Crippen LogP contribution is -2.50. The first-order chi connectivity index (χ1) is 12.5. The van der Waals surface area contributed by atoms with Gasteiger partial charge in [0, 0.05) is 36.5 Å². The lowest BCUT2D eigenvalue weighted by molar-refractivity contribution is -0.120. The van der Waals surface area contributed by atoms with Crippen molar-refractivity contribution in [2.24, 2.45) is 0 Å². The second kappa shape index (κ2) is 7.65. The first-order valence-corrected chi connectivity index (χ1v) is 9.24. The van der Waals surface area contributed by atoms with Gasteiger partial charge in [-0.15, -0.1) is 11.3 Å². The van der Waals surface area contributed by atoms with Gasteiger partial charge in [-0.1, -0.05) is 19.1 Å². The van der Waals surface area contributed by atoms with Crippen molar-refractivity contribution in [3.8, 4) is 0 Å². The monoisotopic (exact) mass is 372 g/mol. The van der Waals surface area contributed by atoms with E-state index in [0.29, 0.717) is 17.8 Å². The molecule has 1 atom stereocenters. The van der Waals surface area contributed by atoms with Crippen molar-refractivity contribution in [1.82, 2.24) is 15.6 Å². The van der Waals surface area contributed by atoms with Crippen LogP contribution in [0.3, 0.4) is 0 Å². The molecule has 7 nitrogen and oxygen atoms in total. The van der Waals surface area contributed by atoms with E-state index in [4.69, 9.17) is 0 Å². The number of thiazole rings is 1. The van der Waals surface area contributed by atoms with Gasteiger partial charge in [-0.05, 0) is 19.1 Å². The molecule has 0 saturated carbocycles. The van der Waals surface area contributed by atoms with Gasteiger partial charge >= 0.3 is 6.03 Å². The Bertz CT molecular complexity index is 848. The molecular formula is C18H20N4O3S. The maximum absolute atomic E-state index is 12.7. The van der Waals surface area contributed by atoms with E-state index in [2.05, 4.69) is 15.6 Å². The van der Waals surface area contributed by atoms with E-state index in [1.54, 1.807) is 35.6 Å². The van der Waals surface area contributed by atoms with Crippen LogP contribution in [0.1, 0.15) is 40.3 Å². The predicted molar refractivity (Wildman–Crippen MR) is 99.5 cm³/mol. The largest absolute Gasteiger partial charge is 0.351 e. The number of para-hydroxylation sites is 1. The number of benzene rings is 1. The predicted octanol–water partition coefficient (Wildman–Crippen LogP) is 2.43. The summed E-state index contributed by atoms with van der Waals surface area (Å²) in [5.74, 6) is -0.466. The van der Waals surface area contributed by atoms with E-state index in [9.17, 15) is 14.4 Å². The molecule has 1 saturated heterocycles. The molecule has 2 heterocycles. The van der Waals surface area contributed by atoms with Crippen molar-refractivity contribution in [2.75, 3.05) is 18.0 Å². The maximum Gasteiger partial charge on any atom is 0.328 e. The average Bonchev–Trinajstić information content (AvgIpc) is 3.06. The number of amides is 4. The maximum atomic E-state index is 12.7. The van der Waals surface area contributed by atoms with Crippen LogP contribution in [0.2, 0.25) is 0 Å². The third-order valence-electron chi connectivity index (χ3n) is 4.12. The Labute approximate surface area is 155 Å². The summed E-state index contributed by atoms with van der Waals surface area (Å²) in [6.45, 7) is 4.65. The third kappa shape index (κ3) is 3.91. The number of hydrogen-bond acceptors (Lipinski definition) is 5. The fraction of sp³-hybridized carbons (Fsp3) is 0.333. The van der Waals surface area contributed by atoms with Gasteiger partial charge < -0.3 is 5.32 Å². The van der Waals surface area contributed by atoms with Crippen molar-refractivity contribution in [3.63, 3.8) is 0 Å². The minimum absolute atomic E-state index is 0.0979. The molecule has 8 heteroatoms. The van der Waals surface area contributed by atoms with Crippen molar-refractivity contribution < 1.29 is 14.4 Å². The van der Waals surface area contributed by atoms with Gasteiger partial charge in [0.15, 0.2) is 0 Å². The van der Waals surface area contributed by atoms with Crippen molar-refractivity contribution in [3.05, 3.63) is 45.9 Å². The lowest BCUT2D eigenvalue weighted by Gasteiger charge is -2.28.